The summed E-state index contributed by atoms with van der Waals surface area (Å²) < 4.78 is 39.2. The van der Waals surface area contributed by atoms with Crippen LogP contribution in [0.25, 0.3) is 0 Å². The first kappa shape index (κ1) is 20.6. The molecule has 1 aliphatic rings. The molecule has 154 valence electrons. The zero-order valence-electron chi connectivity index (χ0n) is 15.7. The van der Waals surface area contributed by atoms with Crippen LogP contribution >= 0.6 is 0 Å². The minimum atomic E-state index is -4.47. The number of carbonyl (C=O) groups is 2. The van der Waals surface area contributed by atoms with Crippen molar-refractivity contribution in [2.75, 3.05) is 18.4 Å². The third-order valence-electron chi connectivity index (χ3n) is 4.53. The average molecular weight is 407 g/mol. The van der Waals surface area contributed by atoms with Gasteiger partial charge in [0.25, 0.3) is 5.91 Å². The van der Waals surface area contributed by atoms with Crippen LogP contribution in [0.2, 0.25) is 0 Å². The van der Waals surface area contributed by atoms with E-state index in [0.717, 1.165) is 12.3 Å². The van der Waals surface area contributed by atoms with Gasteiger partial charge in [0, 0.05) is 44.0 Å². The van der Waals surface area contributed by atoms with Crippen molar-refractivity contribution in [3.8, 4) is 0 Å². The third kappa shape index (κ3) is 4.82. The number of hydrogen-bond donors (Lipinski definition) is 2. The Morgan fingerprint density at radius 1 is 1.28 bits per heavy atom. The molecule has 3 heterocycles. The summed E-state index contributed by atoms with van der Waals surface area (Å²) in [5.41, 5.74) is 0.252. The maximum atomic E-state index is 13.1. The van der Waals surface area contributed by atoms with E-state index in [1.807, 2.05) is 0 Å². The van der Waals surface area contributed by atoms with E-state index in [1.54, 1.807) is 24.0 Å². The van der Waals surface area contributed by atoms with E-state index in [-0.39, 0.29) is 30.5 Å². The summed E-state index contributed by atoms with van der Waals surface area (Å²) in [7, 11) is 0. The van der Waals surface area contributed by atoms with E-state index in [2.05, 4.69) is 20.6 Å². The second-order valence-corrected chi connectivity index (χ2v) is 6.51. The van der Waals surface area contributed by atoms with Gasteiger partial charge >= 0.3 is 6.18 Å². The van der Waals surface area contributed by atoms with Crippen LogP contribution in [0.1, 0.15) is 40.5 Å². The quantitative estimate of drug-likeness (QED) is 0.737. The van der Waals surface area contributed by atoms with Gasteiger partial charge in [0.1, 0.15) is 5.82 Å². The number of halogens is 3. The normalized spacial score (nSPS) is 13.4. The molecule has 2 aromatic rings. The van der Waals surface area contributed by atoms with E-state index in [9.17, 15) is 22.8 Å². The van der Waals surface area contributed by atoms with Crippen molar-refractivity contribution < 1.29 is 22.8 Å². The average Bonchev–Trinajstić information content (AvgIpc) is 3.01. The fourth-order valence-corrected chi connectivity index (χ4v) is 3.00. The molecule has 1 aliphatic heterocycles. The molecule has 0 saturated heterocycles. The fraction of sp³-hybridized carbons (Fsp3) is 0.368. The van der Waals surface area contributed by atoms with Gasteiger partial charge in [-0.1, -0.05) is 6.92 Å². The minimum absolute atomic E-state index is 0.00617. The molecule has 3 rings (SSSR count). The Hall–Kier alpha value is -3.17. The second-order valence-electron chi connectivity index (χ2n) is 6.51. The van der Waals surface area contributed by atoms with Gasteiger partial charge in [0.15, 0.2) is 0 Å². The summed E-state index contributed by atoms with van der Waals surface area (Å²) in [6.07, 6.45) is -1.83. The van der Waals surface area contributed by atoms with E-state index >= 15 is 0 Å². The first-order chi connectivity index (χ1) is 13.8. The lowest BCUT2D eigenvalue weighted by atomic mass is 10.1. The van der Waals surface area contributed by atoms with Crippen molar-refractivity contribution in [2.45, 2.75) is 32.6 Å². The van der Waals surface area contributed by atoms with Crippen molar-refractivity contribution in [2.24, 2.45) is 0 Å². The highest BCUT2D eigenvalue weighted by molar-refractivity contribution is 5.98. The van der Waals surface area contributed by atoms with Crippen LogP contribution in [-0.2, 0) is 24.1 Å². The Kier molecular flexibility index (Phi) is 6.00. The van der Waals surface area contributed by atoms with E-state index in [4.69, 9.17) is 0 Å². The molecule has 0 aromatic carbocycles. The van der Waals surface area contributed by atoms with Crippen LogP contribution in [-0.4, -0.2) is 39.8 Å². The Morgan fingerprint density at radius 3 is 2.79 bits per heavy atom. The molecule has 7 nitrogen and oxygen atoms in total. The second kappa shape index (κ2) is 8.46. The SMILES string of the molecule is CCC(=O)NCCN1Cc2nc(NCc3cnccc3C(F)(F)F)ccc2C1=O. The summed E-state index contributed by atoms with van der Waals surface area (Å²) in [6.45, 7) is 2.63. The molecule has 0 atom stereocenters. The largest absolute Gasteiger partial charge is 0.416 e. The smallest absolute Gasteiger partial charge is 0.366 e. The van der Waals surface area contributed by atoms with Gasteiger partial charge < -0.3 is 15.5 Å². The molecule has 29 heavy (non-hydrogen) atoms. The molecule has 0 bridgehead atoms. The van der Waals surface area contributed by atoms with Gasteiger partial charge in [-0.3, -0.25) is 14.6 Å². The number of alkyl halides is 3. The summed E-state index contributed by atoms with van der Waals surface area (Å²) in [5.74, 6) is 0.0958. The van der Waals surface area contributed by atoms with Crippen LogP contribution in [0.4, 0.5) is 19.0 Å². The number of amides is 2. The van der Waals surface area contributed by atoms with Gasteiger partial charge in [0.05, 0.1) is 23.4 Å². The fourth-order valence-electron chi connectivity index (χ4n) is 3.00. The third-order valence-corrected chi connectivity index (χ3v) is 4.53. The zero-order chi connectivity index (χ0) is 21.0. The van der Waals surface area contributed by atoms with Gasteiger partial charge in [-0.2, -0.15) is 13.2 Å². The molecule has 0 aliphatic carbocycles. The molecule has 2 N–H and O–H groups in total. The Labute approximate surface area is 165 Å². The maximum absolute atomic E-state index is 13.1. The van der Waals surface area contributed by atoms with Crippen molar-refractivity contribution in [3.05, 3.63) is 53.0 Å². The number of aromatic nitrogens is 2. The predicted molar refractivity (Wildman–Crippen MR) is 98.8 cm³/mol. The molecule has 0 fully saturated rings. The van der Waals surface area contributed by atoms with Crippen LogP contribution in [0.15, 0.2) is 30.6 Å². The van der Waals surface area contributed by atoms with Gasteiger partial charge in [-0.25, -0.2) is 4.98 Å². The number of hydrogen-bond acceptors (Lipinski definition) is 5. The van der Waals surface area contributed by atoms with E-state index < -0.39 is 11.7 Å². The van der Waals surface area contributed by atoms with Crippen LogP contribution in [0, 0.1) is 0 Å². The van der Waals surface area contributed by atoms with Crippen LogP contribution in [0.3, 0.4) is 0 Å². The maximum Gasteiger partial charge on any atom is 0.416 e. The molecular formula is C19H20F3N5O2. The molecule has 2 aromatic heterocycles. The van der Waals surface area contributed by atoms with Crippen LogP contribution < -0.4 is 10.6 Å². The molecule has 0 saturated carbocycles. The number of fused-ring (bicyclic) bond motifs is 1. The molecule has 0 unspecified atom stereocenters. The number of anilines is 1. The Morgan fingerprint density at radius 2 is 2.07 bits per heavy atom. The Balaban J connectivity index is 1.64. The lowest BCUT2D eigenvalue weighted by Crippen LogP contribution is -2.34. The first-order valence-electron chi connectivity index (χ1n) is 9.09. The van der Waals surface area contributed by atoms with E-state index in [0.29, 0.717) is 36.6 Å². The van der Waals surface area contributed by atoms with Crippen molar-refractivity contribution in [3.63, 3.8) is 0 Å². The first-order valence-corrected chi connectivity index (χ1v) is 9.09. The standard InChI is InChI=1S/C19H20F3N5O2/c1-2-17(28)24-7-8-27-11-15-13(18(27)29)3-4-16(26-15)25-10-12-9-23-6-5-14(12)19(20,21)22/h3-6,9H,2,7-8,10-11H2,1H3,(H,24,28)(H,25,26). The number of rotatable bonds is 7. The topological polar surface area (TPSA) is 87.2 Å². The van der Waals surface area contributed by atoms with Gasteiger partial charge in [0.2, 0.25) is 5.91 Å². The van der Waals surface area contributed by atoms with Crippen molar-refractivity contribution >= 4 is 17.6 Å². The summed E-state index contributed by atoms with van der Waals surface area (Å²) in [4.78, 5) is 33.4. The molecule has 10 heteroatoms. The number of nitrogens with zero attached hydrogens (tertiary/aromatic N) is 3. The predicted octanol–water partition coefficient (Wildman–Crippen LogP) is 2.59. The van der Waals surface area contributed by atoms with Crippen LogP contribution in [0.5, 0.6) is 0 Å². The highest BCUT2D eigenvalue weighted by Crippen LogP contribution is 2.31. The summed E-state index contributed by atoms with van der Waals surface area (Å²) in [6, 6.07) is 4.09. The highest BCUT2D eigenvalue weighted by atomic mass is 19.4. The monoisotopic (exact) mass is 407 g/mol. The highest BCUT2D eigenvalue weighted by Gasteiger charge is 2.33. The zero-order valence-corrected chi connectivity index (χ0v) is 15.7. The van der Waals surface area contributed by atoms with E-state index in [1.165, 1.54) is 6.20 Å². The van der Waals surface area contributed by atoms with Gasteiger partial charge in [-0.05, 0) is 18.2 Å². The number of nitrogens with one attached hydrogen (secondary N) is 2. The number of pyridine rings is 2. The molecule has 0 spiro atoms. The Bertz CT molecular complexity index is 917. The summed E-state index contributed by atoms with van der Waals surface area (Å²) >= 11 is 0. The minimum Gasteiger partial charge on any atom is -0.366 e. The van der Waals surface area contributed by atoms with Gasteiger partial charge in [-0.15, -0.1) is 0 Å². The lowest BCUT2D eigenvalue weighted by Gasteiger charge is -2.15. The summed E-state index contributed by atoms with van der Waals surface area (Å²) in [5, 5.41) is 5.57. The van der Waals surface area contributed by atoms with Crippen molar-refractivity contribution in [1.82, 2.24) is 20.2 Å². The number of carbonyl (C=O) groups excluding carboxylic acids is 2. The molecule has 2 amide bonds. The molecule has 0 radical (unpaired) electrons. The lowest BCUT2D eigenvalue weighted by molar-refractivity contribution is -0.138. The van der Waals surface area contributed by atoms with Crippen molar-refractivity contribution in [1.29, 1.82) is 0 Å². The molecular weight excluding hydrogens is 387 g/mol.